The fraction of sp³-hybridized carbons (Fsp3) is 0.167. The Kier molecular flexibility index (Phi) is 7.15. The zero-order chi connectivity index (χ0) is 21.4. The van der Waals surface area contributed by atoms with Crippen molar-refractivity contribution in [2.75, 3.05) is 0 Å². The number of aromatic nitrogens is 4. The van der Waals surface area contributed by atoms with E-state index < -0.39 is 0 Å². The second kappa shape index (κ2) is 9.47. The number of hydrogen-bond donors (Lipinski definition) is 0. The van der Waals surface area contributed by atoms with Gasteiger partial charge in [-0.3, -0.25) is 19.9 Å². The Morgan fingerprint density at radius 2 is 1.00 bits per heavy atom. The monoisotopic (exact) mass is 623 g/mol. The molecule has 0 amide bonds. The minimum Gasteiger partial charge on any atom is -0.760 e. The van der Waals surface area contributed by atoms with Crippen molar-refractivity contribution in [2.45, 2.75) is 37.7 Å². The van der Waals surface area contributed by atoms with E-state index >= 15 is 0 Å². The first-order valence-electron chi connectivity index (χ1n) is 9.58. The van der Waals surface area contributed by atoms with Crippen LogP contribution in [0.5, 0.6) is 0 Å². The summed E-state index contributed by atoms with van der Waals surface area (Å²) in [7, 11) is 0. The van der Waals surface area contributed by atoms with Gasteiger partial charge in [-0.1, -0.05) is 34.3 Å². The van der Waals surface area contributed by atoms with E-state index in [-0.39, 0.29) is 21.1 Å². The third-order valence-corrected chi connectivity index (χ3v) is 6.12. The van der Waals surface area contributed by atoms with E-state index in [4.69, 9.17) is 25.3 Å². The molecule has 0 N–H and O–H groups in total. The molecule has 3 heterocycles. The molecule has 158 valence electrons. The Morgan fingerprint density at radius 1 is 0.613 bits per heavy atom. The van der Waals surface area contributed by atoms with Crippen molar-refractivity contribution < 1.29 is 21.1 Å². The summed E-state index contributed by atoms with van der Waals surface area (Å²) in [6, 6.07) is 11.9. The number of pyridine rings is 2. The van der Waals surface area contributed by atoms with Gasteiger partial charge in [-0.15, -0.1) is 0 Å². The summed E-state index contributed by atoms with van der Waals surface area (Å²) in [5.74, 6) is 0. The number of nitrogens with zero attached hydrogens (tertiary/aromatic N) is 4. The van der Waals surface area contributed by atoms with Gasteiger partial charge in [-0.25, -0.2) is 0 Å². The van der Waals surface area contributed by atoms with Crippen molar-refractivity contribution in [3.63, 3.8) is 0 Å². The molecule has 5 rings (SSSR count). The maximum absolute atomic E-state index is 4.90. The molecule has 0 saturated carbocycles. The average Bonchev–Trinajstić information content (AvgIpc) is 2.74. The third-order valence-electron chi connectivity index (χ3n) is 5.43. The molecule has 0 bridgehead atoms. The molecule has 0 radical (unpaired) electrons. The van der Waals surface area contributed by atoms with Gasteiger partial charge in [0.15, 0.2) is 0 Å². The smallest absolute Gasteiger partial charge is 0.760 e. The maximum Gasteiger partial charge on any atom is 2.00 e. The summed E-state index contributed by atoms with van der Waals surface area (Å²) < 4.78 is 0. The van der Waals surface area contributed by atoms with Crippen LogP contribution in [0, 0.1) is 27.7 Å². The predicted molar refractivity (Wildman–Crippen MR) is 127 cm³/mol. The van der Waals surface area contributed by atoms with E-state index in [1.165, 1.54) is 33.0 Å². The first kappa shape index (κ1) is 23.4. The zero-order valence-electron chi connectivity index (χ0n) is 17.5. The van der Waals surface area contributed by atoms with Crippen molar-refractivity contribution in [1.29, 1.82) is 0 Å². The standard InChI is InChI=1S/C16H16N2.C8H6N2S2.Pt/c1-9-7-17-15-13(11(9)3)5-6-14-12(4)10(2)8-18-16(14)15;11-7-8(12)10-6-4-2-1-3-5(6)9-7;/h5-8H,1-4H3;1-4H,(H,9,11)(H,10,12);/q;;+2/p-2. The van der Waals surface area contributed by atoms with Crippen molar-refractivity contribution in [2.24, 2.45) is 0 Å². The third kappa shape index (κ3) is 4.52. The van der Waals surface area contributed by atoms with Crippen molar-refractivity contribution in [3.05, 3.63) is 71.0 Å². The summed E-state index contributed by atoms with van der Waals surface area (Å²) in [6.45, 7) is 8.48. The van der Waals surface area contributed by atoms with E-state index in [0.717, 1.165) is 22.1 Å². The molecule has 5 aromatic rings. The molecule has 0 fully saturated rings. The molecule has 7 heteroatoms. The van der Waals surface area contributed by atoms with Gasteiger partial charge in [-0.05, 0) is 62.1 Å². The van der Waals surface area contributed by atoms with Gasteiger partial charge in [-0.2, -0.15) is 0 Å². The molecule has 4 nitrogen and oxygen atoms in total. The van der Waals surface area contributed by atoms with Crippen LogP contribution in [-0.2, 0) is 46.3 Å². The van der Waals surface area contributed by atoms with Gasteiger partial charge in [0, 0.05) is 23.2 Å². The molecule has 0 aliphatic heterocycles. The Labute approximate surface area is 207 Å². The first-order valence-corrected chi connectivity index (χ1v) is 10.4. The summed E-state index contributed by atoms with van der Waals surface area (Å²) in [6.07, 6.45) is 3.88. The number of fused-ring (bicyclic) bond motifs is 4. The Bertz CT molecular complexity index is 1310. The number of benzene rings is 2. The SMILES string of the molecule is Cc1cnc2c(ccc3c(C)c(C)cnc32)c1C.[Pt+2].[S-]c1nc2ccccc2nc1[S-]. The minimum absolute atomic E-state index is 0. The van der Waals surface area contributed by atoms with E-state index in [2.05, 4.69) is 59.8 Å². The topological polar surface area (TPSA) is 51.6 Å². The van der Waals surface area contributed by atoms with E-state index in [9.17, 15) is 0 Å². The second-order valence-corrected chi connectivity index (χ2v) is 8.09. The van der Waals surface area contributed by atoms with Crippen LogP contribution in [-0.4, -0.2) is 19.9 Å². The van der Waals surface area contributed by atoms with Crippen LogP contribution in [0.4, 0.5) is 0 Å². The average molecular weight is 624 g/mol. The quantitative estimate of drug-likeness (QED) is 0.169. The van der Waals surface area contributed by atoms with E-state index in [0.29, 0.717) is 10.1 Å². The minimum atomic E-state index is 0. The molecule has 0 aliphatic rings. The Hall–Kier alpha value is -2.27. The van der Waals surface area contributed by atoms with Crippen LogP contribution in [0.3, 0.4) is 0 Å². The Balaban J connectivity index is 0.000000183. The molecular weight excluding hydrogens is 604 g/mol. The van der Waals surface area contributed by atoms with Gasteiger partial charge >= 0.3 is 21.1 Å². The number of hydrogen-bond acceptors (Lipinski definition) is 6. The van der Waals surface area contributed by atoms with Crippen LogP contribution in [0.1, 0.15) is 22.3 Å². The van der Waals surface area contributed by atoms with Gasteiger partial charge in [0.2, 0.25) is 0 Å². The fourth-order valence-corrected chi connectivity index (χ4v) is 3.64. The summed E-state index contributed by atoms with van der Waals surface area (Å²) in [4.78, 5) is 17.4. The Morgan fingerprint density at radius 3 is 1.39 bits per heavy atom. The number of aryl methyl sites for hydroxylation is 4. The molecule has 0 unspecified atom stereocenters. The zero-order valence-corrected chi connectivity index (χ0v) is 21.4. The van der Waals surface area contributed by atoms with Crippen molar-refractivity contribution >= 4 is 58.1 Å². The molecule has 0 saturated heterocycles. The molecule has 2 aromatic carbocycles. The summed E-state index contributed by atoms with van der Waals surface area (Å²) in [5, 5.41) is 3.23. The molecule has 0 aliphatic carbocycles. The molecule has 31 heavy (non-hydrogen) atoms. The van der Waals surface area contributed by atoms with E-state index in [1.54, 1.807) is 0 Å². The van der Waals surface area contributed by atoms with Gasteiger partial charge in [0.25, 0.3) is 0 Å². The van der Waals surface area contributed by atoms with Crippen LogP contribution in [0.25, 0.3) is 32.8 Å². The maximum atomic E-state index is 4.90. The first-order chi connectivity index (χ1) is 14.4. The molecule has 0 atom stereocenters. The van der Waals surface area contributed by atoms with Gasteiger partial charge < -0.3 is 25.3 Å². The van der Waals surface area contributed by atoms with Crippen LogP contribution in [0.15, 0.2) is 58.8 Å². The van der Waals surface area contributed by atoms with Crippen molar-refractivity contribution in [1.82, 2.24) is 19.9 Å². The van der Waals surface area contributed by atoms with Crippen LogP contribution < -0.4 is 0 Å². The van der Waals surface area contributed by atoms with Crippen LogP contribution in [0.2, 0.25) is 0 Å². The van der Waals surface area contributed by atoms with Crippen LogP contribution >= 0.6 is 0 Å². The summed E-state index contributed by atoms with van der Waals surface area (Å²) in [5.41, 5.74) is 8.67. The largest absolute Gasteiger partial charge is 2.00 e. The normalized spacial score (nSPS) is 10.6. The van der Waals surface area contributed by atoms with Crippen molar-refractivity contribution in [3.8, 4) is 0 Å². The van der Waals surface area contributed by atoms with Gasteiger partial charge in [0.05, 0.1) is 22.1 Å². The molecule has 3 aromatic heterocycles. The summed E-state index contributed by atoms with van der Waals surface area (Å²) >= 11 is 9.81. The number of rotatable bonds is 0. The molecular formula is C24H20N4PtS2. The van der Waals surface area contributed by atoms with E-state index in [1.807, 2.05) is 36.7 Å². The number of para-hydroxylation sites is 2. The predicted octanol–water partition coefficient (Wildman–Crippen LogP) is 5.46. The molecule has 0 spiro atoms. The van der Waals surface area contributed by atoms with Gasteiger partial charge in [0.1, 0.15) is 0 Å². The fourth-order valence-electron chi connectivity index (χ4n) is 3.36. The second-order valence-electron chi connectivity index (χ2n) is 7.31.